The lowest BCUT2D eigenvalue weighted by molar-refractivity contribution is 0.0600. The molecule has 1 aromatic heterocycles. The van der Waals surface area contributed by atoms with Gasteiger partial charge in [0.2, 0.25) is 0 Å². The van der Waals surface area contributed by atoms with Crippen molar-refractivity contribution in [3.8, 4) is 0 Å². The van der Waals surface area contributed by atoms with Gasteiger partial charge in [-0.1, -0.05) is 23.9 Å². The van der Waals surface area contributed by atoms with E-state index in [1.807, 2.05) is 19.1 Å². The predicted octanol–water partition coefficient (Wildman–Crippen LogP) is 2.93. The lowest BCUT2D eigenvalue weighted by Gasteiger charge is -2.01. The summed E-state index contributed by atoms with van der Waals surface area (Å²) < 4.78 is 9.74. The lowest BCUT2D eigenvalue weighted by atomic mass is 10.1. The summed E-state index contributed by atoms with van der Waals surface area (Å²) >= 11 is 3.05. The monoisotopic (exact) mass is 280 g/mol. The van der Waals surface area contributed by atoms with Gasteiger partial charge in [-0.2, -0.15) is 4.37 Å². The van der Waals surface area contributed by atoms with Gasteiger partial charge in [-0.15, -0.1) is 0 Å². The van der Waals surface area contributed by atoms with Gasteiger partial charge in [0, 0.05) is 5.75 Å². The van der Waals surface area contributed by atoms with Gasteiger partial charge in [-0.05, 0) is 36.2 Å². The Kier molecular flexibility index (Phi) is 4.33. The van der Waals surface area contributed by atoms with E-state index >= 15 is 0 Å². The average molecular weight is 280 g/mol. The average Bonchev–Trinajstić information content (AvgIpc) is 2.82. The first-order chi connectivity index (χ1) is 8.69. The Morgan fingerprint density at radius 3 is 2.67 bits per heavy atom. The van der Waals surface area contributed by atoms with Crippen molar-refractivity contribution in [3.63, 3.8) is 0 Å². The maximum atomic E-state index is 11.3. The minimum absolute atomic E-state index is 0.311. The highest BCUT2D eigenvalue weighted by Gasteiger charge is 2.05. The first-order valence-electron chi connectivity index (χ1n) is 5.29. The van der Waals surface area contributed by atoms with E-state index in [0.717, 1.165) is 21.5 Å². The summed E-state index contributed by atoms with van der Waals surface area (Å²) in [4.78, 5) is 15.5. The lowest BCUT2D eigenvalue weighted by Crippen LogP contribution is -2.00. The van der Waals surface area contributed by atoms with Gasteiger partial charge in [0.05, 0.1) is 12.7 Å². The smallest absolute Gasteiger partial charge is 0.337 e. The number of benzene rings is 1. The number of ether oxygens (including phenoxy) is 1. The second-order valence-corrected chi connectivity index (χ2v) is 5.56. The van der Waals surface area contributed by atoms with Crippen LogP contribution in [0, 0.1) is 6.92 Å². The molecule has 2 aromatic rings. The minimum atomic E-state index is -0.311. The highest BCUT2D eigenvalue weighted by molar-refractivity contribution is 8.00. The highest BCUT2D eigenvalue weighted by atomic mass is 32.2. The summed E-state index contributed by atoms with van der Waals surface area (Å²) in [7, 11) is 1.38. The van der Waals surface area contributed by atoms with Crippen molar-refractivity contribution in [3.05, 3.63) is 41.2 Å². The van der Waals surface area contributed by atoms with Crippen LogP contribution >= 0.6 is 23.3 Å². The molecule has 0 saturated carbocycles. The molecule has 0 aliphatic heterocycles. The van der Waals surface area contributed by atoms with Crippen molar-refractivity contribution >= 4 is 29.3 Å². The van der Waals surface area contributed by atoms with Gasteiger partial charge < -0.3 is 4.74 Å². The molecule has 0 aliphatic carbocycles. The zero-order valence-electron chi connectivity index (χ0n) is 10.0. The van der Waals surface area contributed by atoms with Gasteiger partial charge in [0.15, 0.2) is 4.34 Å². The van der Waals surface area contributed by atoms with Gasteiger partial charge in [0.25, 0.3) is 0 Å². The van der Waals surface area contributed by atoms with Gasteiger partial charge >= 0.3 is 5.97 Å². The van der Waals surface area contributed by atoms with Crippen molar-refractivity contribution in [1.29, 1.82) is 0 Å². The molecule has 6 heteroatoms. The van der Waals surface area contributed by atoms with Crippen LogP contribution in [0.15, 0.2) is 28.6 Å². The number of carbonyl (C=O) groups is 1. The summed E-state index contributed by atoms with van der Waals surface area (Å²) in [6, 6.07) is 7.39. The van der Waals surface area contributed by atoms with Crippen LogP contribution in [-0.2, 0) is 10.5 Å². The fourth-order valence-corrected chi connectivity index (χ4v) is 2.94. The first-order valence-corrected chi connectivity index (χ1v) is 7.05. The van der Waals surface area contributed by atoms with Crippen LogP contribution in [0.3, 0.4) is 0 Å². The third-order valence-corrected chi connectivity index (χ3v) is 4.24. The van der Waals surface area contributed by atoms with Crippen molar-refractivity contribution in [2.75, 3.05) is 7.11 Å². The van der Waals surface area contributed by atoms with Crippen LogP contribution in [0.1, 0.15) is 21.7 Å². The van der Waals surface area contributed by atoms with Crippen molar-refractivity contribution in [2.45, 2.75) is 17.0 Å². The maximum absolute atomic E-state index is 11.3. The predicted molar refractivity (Wildman–Crippen MR) is 72.0 cm³/mol. The molecule has 0 radical (unpaired) electrons. The van der Waals surface area contributed by atoms with E-state index in [9.17, 15) is 4.79 Å². The largest absolute Gasteiger partial charge is 0.465 e. The number of hydrogen-bond donors (Lipinski definition) is 0. The number of methoxy groups -OCH3 is 1. The van der Waals surface area contributed by atoms with Crippen LogP contribution in [0.4, 0.5) is 0 Å². The summed E-state index contributed by atoms with van der Waals surface area (Å²) in [5.41, 5.74) is 1.71. The SMILES string of the molecule is COC(=O)c1ccc(CSc2nc(C)ns2)cc1. The number of thioether (sulfide) groups is 1. The minimum Gasteiger partial charge on any atom is -0.465 e. The quantitative estimate of drug-likeness (QED) is 0.636. The Hall–Kier alpha value is -1.40. The third-order valence-electron chi connectivity index (χ3n) is 2.25. The topological polar surface area (TPSA) is 52.1 Å². The molecule has 0 N–H and O–H groups in total. The molecule has 0 saturated heterocycles. The molecule has 18 heavy (non-hydrogen) atoms. The van der Waals surface area contributed by atoms with E-state index in [4.69, 9.17) is 0 Å². The zero-order chi connectivity index (χ0) is 13.0. The fraction of sp³-hybridized carbons (Fsp3) is 0.250. The fourth-order valence-electron chi connectivity index (χ4n) is 1.34. The molecule has 0 unspecified atom stereocenters. The number of esters is 1. The van der Waals surface area contributed by atoms with Crippen LogP contribution in [0.2, 0.25) is 0 Å². The van der Waals surface area contributed by atoms with Crippen molar-refractivity contribution in [2.24, 2.45) is 0 Å². The number of carbonyl (C=O) groups excluding carboxylic acids is 1. The van der Waals surface area contributed by atoms with E-state index in [1.165, 1.54) is 18.6 Å². The second-order valence-electron chi connectivity index (χ2n) is 3.58. The van der Waals surface area contributed by atoms with Crippen LogP contribution in [0.25, 0.3) is 0 Å². The van der Waals surface area contributed by atoms with Gasteiger partial charge in [0.1, 0.15) is 5.82 Å². The molecule has 0 spiro atoms. The van der Waals surface area contributed by atoms with Crippen molar-refractivity contribution < 1.29 is 9.53 Å². The number of aromatic nitrogens is 2. The molecule has 0 amide bonds. The Labute approximate surface area is 114 Å². The summed E-state index contributed by atoms with van der Waals surface area (Å²) in [6.45, 7) is 1.88. The Bertz CT molecular complexity index is 537. The molecule has 0 aliphatic rings. The third kappa shape index (κ3) is 3.30. The van der Waals surface area contributed by atoms with E-state index in [-0.39, 0.29) is 5.97 Å². The number of nitrogens with zero attached hydrogens (tertiary/aromatic N) is 2. The molecule has 2 rings (SSSR count). The Morgan fingerprint density at radius 2 is 2.11 bits per heavy atom. The van der Waals surface area contributed by atoms with Crippen LogP contribution < -0.4 is 0 Å². The number of aryl methyl sites for hydroxylation is 1. The first kappa shape index (κ1) is 13.0. The highest BCUT2D eigenvalue weighted by Crippen LogP contribution is 2.24. The molecule has 94 valence electrons. The maximum Gasteiger partial charge on any atom is 0.337 e. The van der Waals surface area contributed by atoms with Gasteiger partial charge in [-0.25, -0.2) is 9.78 Å². The molecular weight excluding hydrogens is 268 g/mol. The van der Waals surface area contributed by atoms with E-state index in [2.05, 4.69) is 14.1 Å². The number of hydrogen-bond acceptors (Lipinski definition) is 6. The van der Waals surface area contributed by atoms with E-state index in [1.54, 1.807) is 23.9 Å². The van der Waals surface area contributed by atoms with Crippen LogP contribution in [0.5, 0.6) is 0 Å². The molecular formula is C12H12N2O2S2. The van der Waals surface area contributed by atoms with E-state index in [0.29, 0.717) is 5.56 Å². The van der Waals surface area contributed by atoms with E-state index < -0.39 is 0 Å². The molecule has 1 heterocycles. The van der Waals surface area contributed by atoms with Crippen molar-refractivity contribution in [1.82, 2.24) is 9.36 Å². The van der Waals surface area contributed by atoms with Crippen LogP contribution in [-0.4, -0.2) is 22.4 Å². The molecule has 0 atom stereocenters. The molecule has 4 nitrogen and oxygen atoms in total. The second kappa shape index (κ2) is 5.97. The summed E-state index contributed by atoms with van der Waals surface area (Å²) in [5, 5.41) is 0. The summed E-state index contributed by atoms with van der Waals surface area (Å²) in [5.74, 6) is 1.31. The standard InChI is InChI=1S/C12H12N2O2S2/c1-8-13-12(18-14-8)17-7-9-3-5-10(6-4-9)11(15)16-2/h3-6H,7H2,1-2H3. The Morgan fingerprint density at radius 1 is 1.39 bits per heavy atom. The normalized spacial score (nSPS) is 10.3. The zero-order valence-corrected chi connectivity index (χ0v) is 11.7. The molecule has 1 aromatic carbocycles. The van der Waals surface area contributed by atoms with Gasteiger partial charge in [-0.3, -0.25) is 0 Å². The summed E-state index contributed by atoms with van der Waals surface area (Å²) in [6.07, 6.45) is 0. The Balaban J connectivity index is 1.96. The molecule has 0 bridgehead atoms. The number of rotatable bonds is 4. The molecule has 0 fully saturated rings.